The minimum Gasteiger partial charge on any atom is -0.383 e. The number of nitrogens with one attached hydrogen (secondary N) is 1. The van der Waals surface area contributed by atoms with Gasteiger partial charge in [0, 0.05) is 17.9 Å². The van der Waals surface area contributed by atoms with Gasteiger partial charge in [0.1, 0.15) is 0 Å². The van der Waals surface area contributed by atoms with Crippen LogP contribution in [0.2, 0.25) is 0 Å². The summed E-state index contributed by atoms with van der Waals surface area (Å²) in [4.78, 5) is 0. The SMILES string of the molecule is CC(C)Nc1ccn2nncc2c1. The van der Waals surface area contributed by atoms with E-state index in [2.05, 4.69) is 29.5 Å². The first-order valence-electron chi connectivity index (χ1n) is 4.32. The van der Waals surface area contributed by atoms with Crippen LogP contribution in [0.1, 0.15) is 13.8 Å². The van der Waals surface area contributed by atoms with Crippen molar-refractivity contribution in [1.82, 2.24) is 14.8 Å². The second-order valence-electron chi connectivity index (χ2n) is 3.32. The number of pyridine rings is 1. The van der Waals surface area contributed by atoms with Crippen LogP contribution in [-0.4, -0.2) is 20.9 Å². The van der Waals surface area contributed by atoms with E-state index in [4.69, 9.17) is 0 Å². The van der Waals surface area contributed by atoms with E-state index < -0.39 is 0 Å². The van der Waals surface area contributed by atoms with Crippen molar-refractivity contribution in [2.45, 2.75) is 19.9 Å². The fourth-order valence-corrected chi connectivity index (χ4v) is 1.25. The van der Waals surface area contributed by atoms with Gasteiger partial charge in [-0.3, -0.25) is 0 Å². The average molecular weight is 176 g/mol. The Balaban J connectivity index is 2.37. The molecule has 0 aliphatic heterocycles. The van der Waals surface area contributed by atoms with Gasteiger partial charge in [0.2, 0.25) is 0 Å². The van der Waals surface area contributed by atoms with Crippen LogP contribution < -0.4 is 5.32 Å². The maximum absolute atomic E-state index is 3.88. The smallest absolute Gasteiger partial charge is 0.0885 e. The molecule has 68 valence electrons. The summed E-state index contributed by atoms with van der Waals surface area (Å²) >= 11 is 0. The number of hydrogen-bond acceptors (Lipinski definition) is 3. The van der Waals surface area contributed by atoms with E-state index in [1.165, 1.54) is 0 Å². The van der Waals surface area contributed by atoms with Crippen LogP contribution in [0.5, 0.6) is 0 Å². The lowest BCUT2D eigenvalue weighted by atomic mass is 10.3. The molecule has 0 aliphatic carbocycles. The highest BCUT2D eigenvalue weighted by Crippen LogP contribution is 2.11. The second kappa shape index (κ2) is 3.05. The third-order valence-corrected chi connectivity index (χ3v) is 1.76. The molecule has 4 heteroatoms. The molecular weight excluding hydrogens is 164 g/mol. The van der Waals surface area contributed by atoms with Crippen molar-refractivity contribution < 1.29 is 0 Å². The molecule has 0 saturated carbocycles. The molecule has 13 heavy (non-hydrogen) atoms. The molecule has 0 amide bonds. The maximum atomic E-state index is 3.88. The molecule has 2 aromatic rings. The van der Waals surface area contributed by atoms with E-state index >= 15 is 0 Å². The minimum absolute atomic E-state index is 0.443. The Morgan fingerprint density at radius 1 is 1.46 bits per heavy atom. The Bertz CT molecular complexity index is 405. The number of hydrogen-bond donors (Lipinski definition) is 1. The van der Waals surface area contributed by atoms with Crippen molar-refractivity contribution in [3.05, 3.63) is 24.5 Å². The van der Waals surface area contributed by atoms with Crippen LogP contribution >= 0.6 is 0 Å². The van der Waals surface area contributed by atoms with Crippen LogP contribution in [0.25, 0.3) is 5.52 Å². The molecule has 0 atom stereocenters. The lowest BCUT2D eigenvalue weighted by molar-refractivity contribution is 0.852. The predicted molar refractivity (Wildman–Crippen MR) is 51.7 cm³/mol. The van der Waals surface area contributed by atoms with Crippen molar-refractivity contribution in [2.24, 2.45) is 0 Å². The highest BCUT2D eigenvalue weighted by Gasteiger charge is 1.98. The van der Waals surface area contributed by atoms with Crippen molar-refractivity contribution in [2.75, 3.05) is 5.32 Å². The third kappa shape index (κ3) is 1.61. The molecule has 2 rings (SSSR count). The van der Waals surface area contributed by atoms with E-state index in [0.29, 0.717) is 6.04 Å². The van der Waals surface area contributed by atoms with Gasteiger partial charge >= 0.3 is 0 Å². The zero-order chi connectivity index (χ0) is 9.26. The largest absolute Gasteiger partial charge is 0.383 e. The number of nitrogens with zero attached hydrogens (tertiary/aromatic N) is 3. The molecule has 0 spiro atoms. The molecule has 1 N–H and O–H groups in total. The summed E-state index contributed by atoms with van der Waals surface area (Å²) < 4.78 is 1.74. The van der Waals surface area contributed by atoms with Crippen LogP contribution in [0.4, 0.5) is 5.69 Å². The van der Waals surface area contributed by atoms with Crippen LogP contribution in [0.15, 0.2) is 24.5 Å². The van der Waals surface area contributed by atoms with Crippen LogP contribution in [0, 0.1) is 0 Å². The molecule has 0 aromatic carbocycles. The van der Waals surface area contributed by atoms with Gasteiger partial charge in [-0.1, -0.05) is 5.21 Å². The van der Waals surface area contributed by atoms with Gasteiger partial charge in [-0.25, -0.2) is 4.52 Å². The summed E-state index contributed by atoms with van der Waals surface area (Å²) in [6, 6.07) is 4.46. The monoisotopic (exact) mass is 176 g/mol. The number of rotatable bonds is 2. The van der Waals surface area contributed by atoms with Crippen molar-refractivity contribution in [3.8, 4) is 0 Å². The van der Waals surface area contributed by atoms with Crippen molar-refractivity contribution in [3.63, 3.8) is 0 Å². The number of fused-ring (bicyclic) bond motifs is 1. The average Bonchev–Trinajstić information content (AvgIpc) is 2.49. The first kappa shape index (κ1) is 8.04. The van der Waals surface area contributed by atoms with Crippen molar-refractivity contribution >= 4 is 11.2 Å². The molecule has 0 unspecified atom stereocenters. The normalized spacial score (nSPS) is 11.0. The Morgan fingerprint density at radius 3 is 3.08 bits per heavy atom. The number of aromatic nitrogens is 3. The highest BCUT2D eigenvalue weighted by atomic mass is 15.4. The molecule has 2 heterocycles. The molecule has 0 bridgehead atoms. The Morgan fingerprint density at radius 2 is 2.31 bits per heavy atom. The van der Waals surface area contributed by atoms with Gasteiger partial charge in [-0.15, -0.1) is 5.10 Å². The zero-order valence-electron chi connectivity index (χ0n) is 7.73. The first-order valence-corrected chi connectivity index (χ1v) is 4.32. The van der Waals surface area contributed by atoms with E-state index in [1.807, 2.05) is 18.3 Å². The lowest BCUT2D eigenvalue weighted by Crippen LogP contribution is -2.09. The molecule has 0 saturated heterocycles. The fourth-order valence-electron chi connectivity index (χ4n) is 1.25. The van der Waals surface area contributed by atoms with Gasteiger partial charge in [0.05, 0.1) is 11.7 Å². The second-order valence-corrected chi connectivity index (χ2v) is 3.32. The minimum atomic E-state index is 0.443. The molecule has 0 radical (unpaired) electrons. The van der Waals surface area contributed by atoms with Gasteiger partial charge in [-0.2, -0.15) is 0 Å². The van der Waals surface area contributed by atoms with E-state index in [-0.39, 0.29) is 0 Å². The predicted octanol–water partition coefficient (Wildman–Crippen LogP) is 1.55. The van der Waals surface area contributed by atoms with Gasteiger partial charge in [0.25, 0.3) is 0 Å². The molecule has 0 fully saturated rings. The Kier molecular flexibility index (Phi) is 1.88. The Hall–Kier alpha value is -1.58. The lowest BCUT2D eigenvalue weighted by Gasteiger charge is -2.09. The molecule has 0 aliphatic rings. The van der Waals surface area contributed by atoms with Gasteiger partial charge in [0.15, 0.2) is 0 Å². The fraction of sp³-hybridized carbons (Fsp3) is 0.333. The summed E-state index contributed by atoms with van der Waals surface area (Å²) in [6.07, 6.45) is 3.64. The Labute approximate surface area is 76.6 Å². The van der Waals surface area contributed by atoms with E-state index in [1.54, 1.807) is 10.7 Å². The molecule has 4 nitrogen and oxygen atoms in total. The van der Waals surface area contributed by atoms with E-state index in [9.17, 15) is 0 Å². The summed E-state index contributed by atoms with van der Waals surface area (Å²) in [5, 5.41) is 11.0. The number of anilines is 1. The summed E-state index contributed by atoms with van der Waals surface area (Å²) in [5.41, 5.74) is 2.11. The zero-order valence-corrected chi connectivity index (χ0v) is 7.73. The van der Waals surface area contributed by atoms with Crippen LogP contribution in [-0.2, 0) is 0 Å². The standard InChI is InChI=1S/C9H12N4/c1-7(2)11-8-3-4-13-9(5-8)6-10-12-13/h3-7,11H,1-2H3. The maximum Gasteiger partial charge on any atom is 0.0885 e. The van der Waals surface area contributed by atoms with Crippen LogP contribution in [0.3, 0.4) is 0 Å². The van der Waals surface area contributed by atoms with Gasteiger partial charge in [-0.05, 0) is 26.0 Å². The summed E-state index contributed by atoms with van der Waals surface area (Å²) in [6.45, 7) is 4.22. The summed E-state index contributed by atoms with van der Waals surface area (Å²) in [7, 11) is 0. The third-order valence-electron chi connectivity index (χ3n) is 1.76. The van der Waals surface area contributed by atoms with Gasteiger partial charge < -0.3 is 5.32 Å². The summed E-state index contributed by atoms with van der Waals surface area (Å²) in [5.74, 6) is 0. The quantitative estimate of drug-likeness (QED) is 0.754. The first-order chi connectivity index (χ1) is 6.25. The molecule has 2 aromatic heterocycles. The van der Waals surface area contributed by atoms with E-state index in [0.717, 1.165) is 11.2 Å². The molecular formula is C9H12N4. The topological polar surface area (TPSA) is 42.2 Å². The van der Waals surface area contributed by atoms with Crippen molar-refractivity contribution in [1.29, 1.82) is 0 Å². The highest BCUT2D eigenvalue weighted by molar-refractivity contribution is 5.56.